The Morgan fingerprint density at radius 2 is 2.57 bits per heavy atom. The van der Waals surface area contributed by atoms with Crippen LogP contribution in [0.15, 0.2) is 24.6 Å². The van der Waals surface area contributed by atoms with Crippen molar-refractivity contribution in [3.63, 3.8) is 0 Å². The van der Waals surface area contributed by atoms with Crippen molar-refractivity contribution >= 4 is 5.78 Å². The molecular weight excluding hydrogens is 180 g/mol. The summed E-state index contributed by atoms with van der Waals surface area (Å²) in [6, 6.07) is 1.89. The van der Waals surface area contributed by atoms with Crippen LogP contribution in [0.25, 0.3) is 0 Å². The molecule has 14 heavy (non-hydrogen) atoms. The minimum atomic E-state index is -0.171. The molecule has 4 heteroatoms. The number of allylic oxidation sites excluding steroid dienone is 1. The van der Waals surface area contributed by atoms with Crippen molar-refractivity contribution in [3.8, 4) is 0 Å². The smallest absolute Gasteiger partial charge is 0.162 e. The fourth-order valence-corrected chi connectivity index (χ4v) is 1.56. The number of hydrogen-bond donors (Lipinski definition) is 0. The molecule has 2 heterocycles. The van der Waals surface area contributed by atoms with Crippen LogP contribution in [0.3, 0.4) is 0 Å². The van der Waals surface area contributed by atoms with Crippen LogP contribution in [0.5, 0.6) is 0 Å². The van der Waals surface area contributed by atoms with E-state index in [-0.39, 0.29) is 11.9 Å². The summed E-state index contributed by atoms with van der Waals surface area (Å²) in [6.07, 6.45) is 4.88. The van der Waals surface area contributed by atoms with Crippen LogP contribution in [0.1, 0.15) is 25.1 Å². The third-order valence-electron chi connectivity index (χ3n) is 2.26. The van der Waals surface area contributed by atoms with E-state index in [9.17, 15) is 4.79 Å². The second kappa shape index (κ2) is 3.65. The summed E-state index contributed by atoms with van der Waals surface area (Å²) in [5, 5.41) is 4.14. The summed E-state index contributed by atoms with van der Waals surface area (Å²) < 4.78 is 7.22. The number of aromatic nitrogens is 2. The van der Waals surface area contributed by atoms with Gasteiger partial charge >= 0.3 is 0 Å². The van der Waals surface area contributed by atoms with Gasteiger partial charge in [-0.25, -0.2) is 0 Å². The van der Waals surface area contributed by atoms with E-state index in [1.54, 1.807) is 6.20 Å². The summed E-state index contributed by atoms with van der Waals surface area (Å²) in [6.45, 7) is 2.80. The van der Waals surface area contributed by atoms with Gasteiger partial charge in [0, 0.05) is 18.8 Å². The van der Waals surface area contributed by atoms with Crippen molar-refractivity contribution in [2.45, 2.75) is 26.0 Å². The molecule has 2 rings (SSSR count). The topological polar surface area (TPSA) is 44.1 Å². The molecule has 0 saturated carbocycles. The first-order valence-electron chi connectivity index (χ1n) is 4.68. The Hall–Kier alpha value is -1.58. The Morgan fingerprint density at radius 3 is 3.29 bits per heavy atom. The Morgan fingerprint density at radius 1 is 1.71 bits per heavy atom. The van der Waals surface area contributed by atoms with Gasteiger partial charge in [0.2, 0.25) is 0 Å². The van der Waals surface area contributed by atoms with Gasteiger partial charge in [0.15, 0.2) is 5.78 Å². The number of hydrogen-bond acceptors (Lipinski definition) is 3. The molecule has 0 spiro atoms. The highest BCUT2D eigenvalue weighted by atomic mass is 16.5. The van der Waals surface area contributed by atoms with Crippen LogP contribution in [0.4, 0.5) is 0 Å². The maximum absolute atomic E-state index is 11.2. The molecule has 1 aliphatic rings. The minimum absolute atomic E-state index is 0.102. The zero-order chi connectivity index (χ0) is 9.97. The molecular formula is C10H12N2O2. The highest BCUT2D eigenvalue weighted by molar-refractivity contribution is 5.90. The van der Waals surface area contributed by atoms with E-state index in [1.165, 1.54) is 12.3 Å². The average Bonchev–Trinajstić information content (AvgIpc) is 2.65. The third-order valence-corrected chi connectivity index (χ3v) is 2.26. The van der Waals surface area contributed by atoms with Gasteiger partial charge in [-0.05, 0) is 13.0 Å². The maximum atomic E-state index is 11.2. The lowest BCUT2D eigenvalue weighted by atomic mass is 10.1. The highest BCUT2D eigenvalue weighted by Crippen LogP contribution is 2.24. The molecule has 0 bridgehead atoms. The molecule has 74 valence electrons. The van der Waals surface area contributed by atoms with Gasteiger partial charge in [-0.2, -0.15) is 5.10 Å². The molecule has 0 aromatic carbocycles. The second-order valence-corrected chi connectivity index (χ2v) is 3.17. The lowest BCUT2D eigenvalue weighted by Gasteiger charge is -2.19. The van der Waals surface area contributed by atoms with Crippen molar-refractivity contribution in [1.29, 1.82) is 0 Å². The monoisotopic (exact) mass is 192 g/mol. The summed E-state index contributed by atoms with van der Waals surface area (Å²) in [7, 11) is 0. The molecule has 1 aromatic rings. The molecule has 0 fully saturated rings. The summed E-state index contributed by atoms with van der Waals surface area (Å²) in [5.41, 5.74) is 0.963. The van der Waals surface area contributed by atoms with Gasteiger partial charge in [0.25, 0.3) is 0 Å². The van der Waals surface area contributed by atoms with Crippen molar-refractivity contribution in [1.82, 2.24) is 9.78 Å². The minimum Gasteiger partial charge on any atom is -0.491 e. The van der Waals surface area contributed by atoms with Crippen LogP contribution in [0, 0.1) is 0 Å². The van der Waals surface area contributed by atoms with Crippen molar-refractivity contribution in [2.24, 2.45) is 0 Å². The van der Waals surface area contributed by atoms with Crippen LogP contribution in [0.2, 0.25) is 0 Å². The Kier molecular flexibility index (Phi) is 2.35. The highest BCUT2D eigenvalue weighted by Gasteiger charge is 2.21. The second-order valence-electron chi connectivity index (χ2n) is 3.17. The number of nitrogens with zero attached hydrogens (tertiary/aromatic N) is 2. The standard InChI is InChI=1S/C10H12N2O2/c1-2-12-9(3-5-11-12)10-7-8(13)4-6-14-10/h3-6,10H,2,7H2,1H3. The number of ether oxygens (including phenoxy) is 1. The molecule has 0 amide bonds. The molecule has 4 nitrogen and oxygen atoms in total. The zero-order valence-corrected chi connectivity index (χ0v) is 8.01. The third kappa shape index (κ3) is 1.55. The number of carbonyl (C=O) groups is 1. The van der Waals surface area contributed by atoms with Crippen LogP contribution in [-0.2, 0) is 16.1 Å². The van der Waals surface area contributed by atoms with E-state index in [2.05, 4.69) is 5.10 Å². The van der Waals surface area contributed by atoms with Gasteiger partial charge in [0.05, 0.1) is 18.4 Å². The molecule has 1 unspecified atom stereocenters. The van der Waals surface area contributed by atoms with E-state index >= 15 is 0 Å². The summed E-state index contributed by atoms with van der Waals surface area (Å²) in [5.74, 6) is 0.102. The Bertz CT molecular complexity index is 368. The van der Waals surface area contributed by atoms with E-state index in [4.69, 9.17) is 4.74 Å². The van der Waals surface area contributed by atoms with Gasteiger partial charge in [-0.1, -0.05) is 0 Å². The lowest BCUT2D eigenvalue weighted by molar-refractivity contribution is -0.118. The quantitative estimate of drug-likeness (QED) is 0.712. The first-order valence-corrected chi connectivity index (χ1v) is 4.68. The number of ketones is 1. The molecule has 0 aliphatic carbocycles. The average molecular weight is 192 g/mol. The molecule has 1 aliphatic heterocycles. The van der Waals surface area contributed by atoms with Crippen LogP contribution >= 0.6 is 0 Å². The first-order chi connectivity index (χ1) is 6.81. The van der Waals surface area contributed by atoms with Crippen LogP contribution in [-0.4, -0.2) is 15.6 Å². The lowest BCUT2D eigenvalue weighted by Crippen LogP contribution is -2.15. The fourth-order valence-electron chi connectivity index (χ4n) is 1.56. The Balaban J connectivity index is 2.23. The first kappa shape index (κ1) is 8.99. The number of carbonyl (C=O) groups excluding carboxylic acids is 1. The molecule has 1 atom stereocenters. The molecule has 0 radical (unpaired) electrons. The predicted molar refractivity (Wildman–Crippen MR) is 50.5 cm³/mol. The SMILES string of the molecule is CCn1nccc1C1CC(=O)C=CO1. The van der Waals surface area contributed by atoms with E-state index in [0.29, 0.717) is 6.42 Å². The largest absolute Gasteiger partial charge is 0.491 e. The van der Waals surface area contributed by atoms with Gasteiger partial charge in [-0.3, -0.25) is 9.48 Å². The van der Waals surface area contributed by atoms with Gasteiger partial charge in [0.1, 0.15) is 6.10 Å². The summed E-state index contributed by atoms with van der Waals surface area (Å²) >= 11 is 0. The van der Waals surface area contributed by atoms with Crippen molar-refractivity contribution in [2.75, 3.05) is 0 Å². The van der Waals surface area contributed by atoms with Crippen molar-refractivity contribution in [3.05, 3.63) is 30.3 Å². The van der Waals surface area contributed by atoms with Gasteiger partial charge < -0.3 is 4.74 Å². The molecule has 0 N–H and O–H groups in total. The van der Waals surface area contributed by atoms with Crippen molar-refractivity contribution < 1.29 is 9.53 Å². The number of rotatable bonds is 2. The van der Waals surface area contributed by atoms with E-state index in [1.807, 2.05) is 17.7 Å². The zero-order valence-electron chi connectivity index (χ0n) is 8.01. The maximum Gasteiger partial charge on any atom is 0.162 e. The number of aryl methyl sites for hydroxylation is 1. The molecule has 1 aromatic heterocycles. The summed E-state index contributed by atoms with van der Waals surface area (Å²) in [4.78, 5) is 11.2. The molecule has 0 saturated heterocycles. The van der Waals surface area contributed by atoms with Gasteiger partial charge in [-0.15, -0.1) is 0 Å². The fraction of sp³-hybridized carbons (Fsp3) is 0.400. The predicted octanol–water partition coefficient (Wildman–Crippen LogP) is 1.45. The van der Waals surface area contributed by atoms with Crippen LogP contribution < -0.4 is 0 Å². The normalized spacial score (nSPS) is 20.9. The van der Waals surface area contributed by atoms with E-state index < -0.39 is 0 Å². The van der Waals surface area contributed by atoms with E-state index in [0.717, 1.165) is 12.2 Å². The Labute approximate surface area is 82.2 Å².